The number of carbonyl (C=O) groups is 1. The van der Waals surface area contributed by atoms with Gasteiger partial charge < -0.3 is 15.4 Å². The quantitative estimate of drug-likeness (QED) is 0.900. The monoisotopic (exact) mass is 301 g/mol. The van der Waals surface area contributed by atoms with E-state index in [1.165, 1.54) is 0 Å². The third-order valence-corrected chi connectivity index (χ3v) is 3.77. The Balaban J connectivity index is 2.00. The molecule has 0 aromatic carbocycles. The van der Waals surface area contributed by atoms with Gasteiger partial charge in [-0.15, -0.1) is 0 Å². The minimum absolute atomic E-state index is 0.00229. The van der Waals surface area contributed by atoms with E-state index in [2.05, 4.69) is 4.98 Å². The number of hydrogen-bond donors (Lipinski definition) is 1. The molecule has 0 radical (unpaired) electrons. The molecule has 2 N–H and O–H groups in total. The standard InChI is InChI=1S/C13H14F3N3O2/c14-13(15,16)10-4-3-9(11(17)20)12(18-10)19-5-7-1-2-8(6-19)21-7/h3-4,7-8H,1-2,5-6H2,(H2,17,20). The number of pyridine rings is 1. The third-order valence-electron chi connectivity index (χ3n) is 3.77. The Bertz CT molecular complexity index is 564. The largest absolute Gasteiger partial charge is 0.433 e. The van der Waals surface area contributed by atoms with Crippen LogP contribution in [0.25, 0.3) is 0 Å². The van der Waals surface area contributed by atoms with Crippen molar-refractivity contribution in [2.45, 2.75) is 31.2 Å². The van der Waals surface area contributed by atoms with Gasteiger partial charge in [-0.3, -0.25) is 4.79 Å². The van der Waals surface area contributed by atoms with Gasteiger partial charge >= 0.3 is 6.18 Å². The number of aromatic nitrogens is 1. The van der Waals surface area contributed by atoms with Gasteiger partial charge in [0.1, 0.15) is 11.5 Å². The van der Waals surface area contributed by atoms with Crippen molar-refractivity contribution in [2.75, 3.05) is 18.0 Å². The first-order chi connectivity index (χ1) is 9.84. The minimum atomic E-state index is -4.56. The van der Waals surface area contributed by atoms with Gasteiger partial charge in [0.15, 0.2) is 0 Å². The first-order valence-electron chi connectivity index (χ1n) is 6.63. The van der Waals surface area contributed by atoms with Gasteiger partial charge in [-0.2, -0.15) is 13.2 Å². The first-order valence-corrected chi connectivity index (χ1v) is 6.63. The summed E-state index contributed by atoms with van der Waals surface area (Å²) in [5.74, 6) is -0.789. The Morgan fingerprint density at radius 2 is 1.90 bits per heavy atom. The average molecular weight is 301 g/mol. The van der Waals surface area contributed by atoms with Crippen LogP contribution < -0.4 is 10.6 Å². The maximum Gasteiger partial charge on any atom is 0.433 e. The van der Waals surface area contributed by atoms with Crippen LogP contribution in [0.3, 0.4) is 0 Å². The van der Waals surface area contributed by atoms with Crippen LogP contribution in [0.2, 0.25) is 0 Å². The number of anilines is 1. The molecular formula is C13H14F3N3O2. The number of primary amides is 1. The molecule has 3 rings (SSSR count). The normalized spacial score (nSPS) is 25.2. The molecule has 1 aromatic heterocycles. The Hall–Kier alpha value is -1.83. The summed E-state index contributed by atoms with van der Waals surface area (Å²) in [6.07, 6.45) is -2.88. The molecule has 114 valence electrons. The molecule has 0 spiro atoms. The Morgan fingerprint density at radius 1 is 1.29 bits per heavy atom. The molecule has 1 amide bonds. The lowest BCUT2D eigenvalue weighted by Gasteiger charge is -2.34. The van der Waals surface area contributed by atoms with Crippen LogP contribution in [0.4, 0.5) is 19.0 Å². The van der Waals surface area contributed by atoms with E-state index in [0.717, 1.165) is 25.0 Å². The van der Waals surface area contributed by atoms with Gasteiger partial charge in [0.2, 0.25) is 0 Å². The van der Waals surface area contributed by atoms with E-state index in [0.29, 0.717) is 13.1 Å². The summed E-state index contributed by atoms with van der Waals surface area (Å²) in [6.45, 7) is 0.843. The van der Waals surface area contributed by atoms with Crippen LogP contribution in [0.1, 0.15) is 28.9 Å². The number of carbonyl (C=O) groups excluding carboxylic acids is 1. The first kappa shape index (κ1) is 14.1. The molecule has 2 atom stereocenters. The molecule has 2 fully saturated rings. The van der Waals surface area contributed by atoms with Gasteiger partial charge in [-0.1, -0.05) is 0 Å². The van der Waals surface area contributed by atoms with Gasteiger partial charge in [0.05, 0.1) is 17.8 Å². The molecule has 2 unspecified atom stereocenters. The summed E-state index contributed by atoms with van der Waals surface area (Å²) in [4.78, 5) is 16.7. The summed E-state index contributed by atoms with van der Waals surface area (Å²) in [6, 6.07) is 1.86. The number of nitrogens with two attached hydrogens (primary N) is 1. The zero-order valence-electron chi connectivity index (χ0n) is 11.1. The molecule has 0 saturated carbocycles. The summed E-state index contributed by atoms with van der Waals surface area (Å²) < 4.78 is 44.1. The maximum absolute atomic E-state index is 12.8. The van der Waals surface area contributed by atoms with E-state index in [-0.39, 0.29) is 23.6 Å². The SMILES string of the molecule is NC(=O)c1ccc(C(F)(F)F)nc1N1CC2CCC(C1)O2. The summed E-state index contributed by atoms with van der Waals surface area (Å²) in [5.41, 5.74) is 4.22. The summed E-state index contributed by atoms with van der Waals surface area (Å²) in [5, 5.41) is 0. The number of nitrogens with zero attached hydrogens (tertiary/aromatic N) is 2. The minimum Gasteiger partial charge on any atom is -0.371 e. The van der Waals surface area contributed by atoms with Crippen molar-refractivity contribution in [1.82, 2.24) is 4.98 Å². The van der Waals surface area contributed by atoms with Crippen LogP contribution in [0.5, 0.6) is 0 Å². The topological polar surface area (TPSA) is 68.5 Å². The smallest absolute Gasteiger partial charge is 0.371 e. The van der Waals surface area contributed by atoms with Crippen molar-refractivity contribution in [2.24, 2.45) is 5.73 Å². The highest BCUT2D eigenvalue weighted by Gasteiger charge is 2.38. The van der Waals surface area contributed by atoms with E-state index in [9.17, 15) is 18.0 Å². The van der Waals surface area contributed by atoms with Gasteiger partial charge in [-0.25, -0.2) is 4.98 Å². The van der Waals surface area contributed by atoms with Crippen LogP contribution >= 0.6 is 0 Å². The summed E-state index contributed by atoms with van der Waals surface area (Å²) >= 11 is 0. The number of ether oxygens (including phenoxy) is 1. The maximum atomic E-state index is 12.8. The predicted octanol–water partition coefficient (Wildman–Crippen LogP) is 1.57. The number of halogens is 3. The molecular weight excluding hydrogens is 287 g/mol. The molecule has 21 heavy (non-hydrogen) atoms. The second-order valence-electron chi connectivity index (χ2n) is 5.29. The second kappa shape index (κ2) is 4.87. The Labute approximate surface area is 118 Å². The average Bonchev–Trinajstić information content (AvgIpc) is 2.75. The number of rotatable bonds is 2. The fourth-order valence-corrected chi connectivity index (χ4v) is 2.83. The van der Waals surface area contributed by atoms with Crippen LogP contribution in [0.15, 0.2) is 12.1 Å². The third kappa shape index (κ3) is 2.67. The lowest BCUT2D eigenvalue weighted by atomic mass is 10.2. The zero-order chi connectivity index (χ0) is 15.2. The van der Waals surface area contributed by atoms with E-state index in [1.54, 1.807) is 4.90 Å². The highest BCUT2D eigenvalue weighted by Crippen LogP contribution is 2.33. The van der Waals surface area contributed by atoms with Crippen molar-refractivity contribution in [1.29, 1.82) is 0 Å². The fourth-order valence-electron chi connectivity index (χ4n) is 2.83. The molecule has 5 nitrogen and oxygen atoms in total. The highest BCUT2D eigenvalue weighted by molar-refractivity contribution is 5.97. The number of alkyl halides is 3. The van der Waals surface area contributed by atoms with Crippen molar-refractivity contribution in [3.63, 3.8) is 0 Å². The predicted molar refractivity (Wildman–Crippen MR) is 67.9 cm³/mol. The second-order valence-corrected chi connectivity index (χ2v) is 5.29. The molecule has 8 heteroatoms. The van der Waals surface area contributed by atoms with E-state index in [4.69, 9.17) is 10.5 Å². The van der Waals surface area contributed by atoms with Crippen LogP contribution in [0, 0.1) is 0 Å². The molecule has 3 heterocycles. The van der Waals surface area contributed by atoms with E-state index < -0.39 is 17.8 Å². The van der Waals surface area contributed by atoms with Crippen molar-refractivity contribution in [3.05, 3.63) is 23.4 Å². The van der Waals surface area contributed by atoms with Crippen LogP contribution in [-0.2, 0) is 10.9 Å². The molecule has 2 saturated heterocycles. The molecule has 2 bridgehead atoms. The lowest BCUT2D eigenvalue weighted by molar-refractivity contribution is -0.141. The van der Waals surface area contributed by atoms with Crippen molar-refractivity contribution in [3.8, 4) is 0 Å². The molecule has 1 aromatic rings. The Kier molecular flexibility index (Phi) is 3.27. The molecule has 0 aliphatic carbocycles. The fraction of sp³-hybridized carbons (Fsp3) is 0.538. The number of hydrogen-bond acceptors (Lipinski definition) is 4. The zero-order valence-corrected chi connectivity index (χ0v) is 11.1. The van der Waals surface area contributed by atoms with Gasteiger partial charge in [0, 0.05) is 13.1 Å². The highest BCUT2D eigenvalue weighted by atomic mass is 19.4. The van der Waals surface area contributed by atoms with Gasteiger partial charge in [-0.05, 0) is 25.0 Å². The summed E-state index contributed by atoms with van der Waals surface area (Å²) in [7, 11) is 0. The molecule has 2 aliphatic heterocycles. The number of fused-ring (bicyclic) bond motifs is 2. The Morgan fingerprint density at radius 3 is 2.43 bits per heavy atom. The van der Waals surface area contributed by atoms with Crippen molar-refractivity contribution < 1.29 is 22.7 Å². The van der Waals surface area contributed by atoms with E-state index >= 15 is 0 Å². The van der Waals surface area contributed by atoms with Crippen LogP contribution in [-0.4, -0.2) is 36.2 Å². The lowest BCUT2D eigenvalue weighted by Crippen LogP contribution is -2.44. The van der Waals surface area contributed by atoms with Gasteiger partial charge in [0.25, 0.3) is 5.91 Å². The number of morpholine rings is 1. The van der Waals surface area contributed by atoms with E-state index in [1.807, 2.05) is 0 Å². The number of amides is 1. The molecule has 2 aliphatic rings. The van der Waals surface area contributed by atoms with Crippen molar-refractivity contribution >= 4 is 11.7 Å².